The van der Waals surface area contributed by atoms with Crippen molar-refractivity contribution >= 4 is 5.91 Å². The van der Waals surface area contributed by atoms with E-state index in [0.717, 1.165) is 5.56 Å². The Morgan fingerprint density at radius 2 is 2.14 bits per heavy atom. The van der Waals surface area contributed by atoms with Gasteiger partial charge in [-0.2, -0.15) is 5.10 Å². The number of hydrogen-bond donors (Lipinski definition) is 4. The van der Waals surface area contributed by atoms with Crippen LogP contribution in [0.1, 0.15) is 10.5 Å². The van der Waals surface area contributed by atoms with E-state index in [0.29, 0.717) is 31.0 Å². The van der Waals surface area contributed by atoms with Gasteiger partial charge in [0.1, 0.15) is 11.5 Å². The van der Waals surface area contributed by atoms with Gasteiger partial charge in [0.25, 0.3) is 5.91 Å². The standard InChI is InChI=1S/C15H17FN4O2/c16-11-3-1-9(2-4-11)12-5-13(20-19-12)15(22)18-7-10-6-17-8-14(10)21/h1-5,10,14,17,21H,6-8H2,(H,18,22)(H,19,20). The zero-order chi connectivity index (χ0) is 15.5. The Morgan fingerprint density at radius 3 is 2.82 bits per heavy atom. The predicted molar refractivity (Wildman–Crippen MR) is 78.7 cm³/mol. The number of benzene rings is 1. The van der Waals surface area contributed by atoms with Crippen molar-refractivity contribution in [3.8, 4) is 11.3 Å². The third kappa shape index (κ3) is 3.15. The lowest BCUT2D eigenvalue weighted by atomic mass is 10.1. The first kappa shape index (κ1) is 14.7. The van der Waals surface area contributed by atoms with Crippen LogP contribution in [0.4, 0.5) is 4.39 Å². The molecule has 1 aliphatic rings. The number of carbonyl (C=O) groups excluding carboxylic acids is 1. The van der Waals surface area contributed by atoms with Gasteiger partial charge in [-0.25, -0.2) is 4.39 Å². The van der Waals surface area contributed by atoms with E-state index in [1.54, 1.807) is 18.2 Å². The highest BCUT2D eigenvalue weighted by Crippen LogP contribution is 2.18. The number of halogens is 1. The van der Waals surface area contributed by atoms with Crippen LogP contribution in [0.5, 0.6) is 0 Å². The maximum atomic E-state index is 12.9. The Labute approximate surface area is 126 Å². The Balaban J connectivity index is 1.63. The average Bonchev–Trinajstić information content (AvgIpc) is 3.15. The van der Waals surface area contributed by atoms with Crippen LogP contribution in [0.15, 0.2) is 30.3 Å². The maximum absolute atomic E-state index is 12.9. The van der Waals surface area contributed by atoms with Gasteiger partial charge in [0, 0.05) is 31.1 Å². The summed E-state index contributed by atoms with van der Waals surface area (Å²) in [5.41, 5.74) is 1.64. The summed E-state index contributed by atoms with van der Waals surface area (Å²) in [5.74, 6) is -0.579. The topological polar surface area (TPSA) is 90.0 Å². The first-order valence-electron chi connectivity index (χ1n) is 7.12. The number of hydrogen-bond acceptors (Lipinski definition) is 4. The molecule has 1 aromatic carbocycles. The molecule has 0 aliphatic carbocycles. The summed E-state index contributed by atoms with van der Waals surface area (Å²) < 4.78 is 12.9. The Bertz CT molecular complexity index is 656. The van der Waals surface area contributed by atoms with Crippen LogP contribution in [0.3, 0.4) is 0 Å². The second-order valence-electron chi connectivity index (χ2n) is 5.37. The van der Waals surface area contributed by atoms with Crippen molar-refractivity contribution in [2.24, 2.45) is 5.92 Å². The zero-order valence-corrected chi connectivity index (χ0v) is 11.8. The fourth-order valence-corrected chi connectivity index (χ4v) is 2.45. The number of nitrogens with one attached hydrogen (secondary N) is 3. The molecular formula is C15H17FN4O2. The molecule has 6 nitrogen and oxygen atoms in total. The van der Waals surface area contributed by atoms with Crippen molar-refractivity contribution in [1.82, 2.24) is 20.8 Å². The van der Waals surface area contributed by atoms with Gasteiger partial charge < -0.3 is 15.7 Å². The van der Waals surface area contributed by atoms with Gasteiger partial charge in [-0.05, 0) is 30.3 Å². The van der Waals surface area contributed by atoms with Crippen molar-refractivity contribution in [2.45, 2.75) is 6.10 Å². The molecule has 2 heterocycles. The van der Waals surface area contributed by atoms with Crippen LogP contribution < -0.4 is 10.6 Å². The van der Waals surface area contributed by atoms with Gasteiger partial charge in [0.05, 0.1) is 11.8 Å². The second kappa shape index (κ2) is 6.25. The highest BCUT2D eigenvalue weighted by molar-refractivity contribution is 5.93. The molecule has 2 aromatic rings. The lowest BCUT2D eigenvalue weighted by molar-refractivity contribution is 0.0922. The highest BCUT2D eigenvalue weighted by Gasteiger charge is 2.25. The Kier molecular flexibility index (Phi) is 4.17. The van der Waals surface area contributed by atoms with Crippen LogP contribution in [-0.4, -0.2) is 46.9 Å². The van der Waals surface area contributed by atoms with Gasteiger partial charge in [-0.3, -0.25) is 9.89 Å². The zero-order valence-electron chi connectivity index (χ0n) is 11.8. The quantitative estimate of drug-likeness (QED) is 0.663. The number of nitrogens with zero attached hydrogens (tertiary/aromatic N) is 1. The number of aromatic nitrogens is 2. The molecule has 0 radical (unpaired) electrons. The molecule has 2 unspecified atom stereocenters. The lowest BCUT2D eigenvalue weighted by Crippen LogP contribution is -2.34. The van der Waals surface area contributed by atoms with Crippen LogP contribution in [0, 0.1) is 11.7 Å². The van der Waals surface area contributed by atoms with E-state index < -0.39 is 6.10 Å². The number of aliphatic hydroxyl groups is 1. The van der Waals surface area contributed by atoms with Crippen molar-refractivity contribution in [3.63, 3.8) is 0 Å². The summed E-state index contributed by atoms with van der Waals surface area (Å²) in [5, 5.41) is 22.3. The molecule has 4 N–H and O–H groups in total. The van der Waals surface area contributed by atoms with Crippen LogP contribution in [-0.2, 0) is 0 Å². The average molecular weight is 304 g/mol. The number of amides is 1. The molecule has 1 saturated heterocycles. The Morgan fingerprint density at radius 1 is 1.36 bits per heavy atom. The fraction of sp³-hybridized carbons (Fsp3) is 0.333. The number of rotatable bonds is 4. The monoisotopic (exact) mass is 304 g/mol. The Hall–Kier alpha value is -2.25. The number of H-pyrrole nitrogens is 1. The van der Waals surface area contributed by atoms with E-state index in [-0.39, 0.29) is 17.6 Å². The third-order valence-electron chi connectivity index (χ3n) is 3.79. The molecule has 1 aliphatic heterocycles. The third-order valence-corrected chi connectivity index (χ3v) is 3.79. The van der Waals surface area contributed by atoms with E-state index in [9.17, 15) is 14.3 Å². The highest BCUT2D eigenvalue weighted by atomic mass is 19.1. The van der Waals surface area contributed by atoms with Gasteiger partial charge >= 0.3 is 0 Å². The first-order valence-corrected chi connectivity index (χ1v) is 7.12. The normalized spacial score (nSPS) is 21.0. The molecule has 7 heteroatoms. The summed E-state index contributed by atoms with van der Waals surface area (Å²) in [6.07, 6.45) is -0.433. The molecule has 2 atom stereocenters. The molecule has 1 aromatic heterocycles. The largest absolute Gasteiger partial charge is 0.391 e. The van der Waals surface area contributed by atoms with E-state index in [1.807, 2.05) is 0 Å². The van der Waals surface area contributed by atoms with E-state index >= 15 is 0 Å². The number of aromatic amines is 1. The SMILES string of the molecule is O=C(NCC1CNCC1O)c1cc(-c2ccc(F)cc2)n[nH]1. The number of β-amino-alcohol motifs (C(OH)–C–C–N with tert-alkyl or cyclic N) is 1. The number of carbonyl (C=O) groups is 1. The van der Waals surface area contributed by atoms with Crippen LogP contribution in [0.25, 0.3) is 11.3 Å². The molecule has 116 valence electrons. The van der Waals surface area contributed by atoms with Crippen molar-refractivity contribution in [1.29, 1.82) is 0 Å². The predicted octanol–water partition coefficient (Wildman–Crippen LogP) is 0.526. The van der Waals surface area contributed by atoms with Crippen LogP contribution in [0.2, 0.25) is 0 Å². The summed E-state index contributed by atoms with van der Waals surface area (Å²) >= 11 is 0. The molecule has 0 bridgehead atoms. The van der Waals surface area contributed by atoms with Crippen molar-refractivity contribution < 1.29 is 14.3 Å². The van der Waals surface area contributed by atoms with Crippen LogP contribution >= 0.6 is 0 Å². The summed E-state index contributed by atoms with van der Waals surface area (Å²) in [4.78, 5) is 12.1. The van der Waals surface area contributed by atoms with Gasteiger partial charge in [-0.15, -0.1) is 0 Å². The fourth-order valence-electron chi connectivity index (χ4n) is 2.45. The summed E-state index contributed by atoms with van der Waals surface area (Å²) in [7, 11) is 0. The number of aliphatic hydroxyl groups excluding tert-OH is 1. The molecule has 3 rings (SSSR count). The maximum Gasteiger partial charge on any atom is 0.269 e. The second-order valence-corrected chi connectivity index (χ2v) is 5.37. The minimum Gasteiger partial charge on any atom is -0.391 e. The molecular weight excluding hydrogens is 287 g/mol. The molecule has 1 fully saturated rings. The first-order chi connectivity index (χ1) is 10.6. The van der Waals surface area contributed by atoms with Crippen molar-refractivity contribution in [2.75, 3.05) is 19.6 Å². The van der Waals surface area contributed by atoms with Gasteiger partial charge in [0.15, 0.2) is 0 Å². The molecule has 0 spiro atoms. The van der Waals surface area contributed by atoms with E-state index in [4.69, 9.17) is 0 Å². The smallest absolute Gasteiger partial charge is 0.269 e. The minimum atomic E-state index is -0.433. The van der Waals surface area contributed by atoms with E-state index in [2.05, 4.69) is 20.8 Å². The van der Waals surface area contributed by atoms with Crippen molar-refractivity contribution in [3.05, 3.63) is 41.8 Å². The van der Waals surface area contributed by atoms with Gasteiger partial charge in [-0.1, -0.05) is 0 Å². The lowest BCUT2D eigenvalue weighted by Gasteiger charge is -2.13. The summed E-state index contributed by atoms with van der Waals surface area (Å²) in [6, 6.07) is 7.52. The summed E-state index contributed by atoms with van der Waals surface area (Å²) in [6.45, 7) is 1.64. The molecule has 0 saturated carbocycles. The minimum absolute atomic E-state index is 0.0171. The molecule has 1 amide bonds. The molecule has 22 heavy (non-hydrogen) atoms. The van der Waals surface area contributed by atoms with Gasteiger partial charge in [0.2, 0.25) is 0 Å². The van der Waals surface area contributed by atoms with E-state index in [1.165, 1.54) is 12.1 Å².